The number of thiophene rings is 1. The Kier molecular flexibility index (Phi) is 5.07. The lowest BCUT2D eigenvalue weighted by atomic mass is 10.1. The summed E-state index contributed by atoms with van der Waals surface area (Å²) in [6.07, 6.45) is 2.35. The van der Waals surface area contributed by atoms with Crippen molar-refractivity contribution in [1.29, 1.82) is 0 Å². The van der Waals surface area contributed by atoms with Gasteiger partial charge in [-0.05, 0) is 66.6 Å². The Balaban J connectivity index is 1.53. The molecule has 0 saturated heterocycles. The Hall–Kier alpha value is -3.78. The van der Waals surface area contributed by atoms with Crippen LogP contribution in [0.2, 0.25) is 0 Å². The average molecular weight is 447 g/mol. The quantitative estimate of drug-likeness (QED) is 0.459. The van der Waals surface area contributed by atoms with Crippen LogP contribution in [0.1, 0.15) is 22.8 Å². The second kappa shape index (κ2) is 8.05. The molecule has 3 heterocycles. The first-order valence-corrected chi connectivity index (χ1v) is 10.9. The number of carbonyl (C=O) groups is 2. The van der Waals surface area contributed by atoms with Crippen LogP contribution in [0.5, 0.6) is 0 Å². The smallest absolute Gasteiger partial charge is 0.258 e. The molecule has 4 aromatic rings. The highest BCUT2D eigenvalue weighted by atomic mass is 32.1. The van der Waals surface area contributed by atoms with E-state index in [9.17, 15) is 14.0 Å². The molecule has 0 unspecified atom stereocenters. The van der Waals surface area contributed by atoms with E-state index in [-0.39, 0.29) is 11.8 Å². The summed E-state index contributed by atoms with van der Waals surface area (Å²) < 4.78 is 14.3. The monoisotopic (exact) mass is 446 g/mol. The Labute approximate surface area is 187 Å². The van der Waals surface area contributed by atoms with Crippen molar-refractivity contribution in [1.82, 2.24) is 10.2 Å². The number of carbonyl (C=O) groups excluding carboxylic acids is 2. The van der Waals surface area contributed by atoms with E-state index in [4.69, 9.17) is 0 Å². The molecule has 0 aliphatic carbocycles. The predicted octanol–water partition coefficient (Wildman–Crippen LogP) is 5.11. The van der Waals surface area contributed by atoms with Gasteiger partial charge in [0.25, 0.3) is 5.91 Å². The molecular formula is C24H19FN4O2S. The van der Waals surface area contributed by atoms with E-state index in [1.165, 1.54) is 19.1 Å². The van der Waals surface area contributed by atoms with E-state index in [0.29, 0.717) is 29.9 Å². The Morgan fingerprint density at radius 2 is 1.94 bits per heavy atom. The van der Waals surface area contributed by atoms with Crippen LogP contribution >= 0.6 is 11.3 Å². The molecule has 2 amide bonds. The highest BCUT2D eigenvalue weighted by molar-refractivity contribution is 7.19. The van der Waals surface area contributed by atoms with Crippen molar-refractivity contribution < 1.29 is 14.0 Å². The van der Waals surface area contributed by atoms with Crippen molar-refractivity contribution >= 4 is 34.5 Å². The highest BCUT2D eigenvalue weighted by Gasteiger charge is 2.27. The van der Waals surface area contributed by atoms with Crippen LogP contribution < -0.4 is 10.2 Å². The molecule has 5 rings (SSSR count). The highest BCUT2D eigenvalue weighted by Crippen LogP contribution is 2.44. The Bertz CT molecular complexity index is 1310. The van der Waals surface area contributed by atoms with E-state index in [1.807, 2.05) is 6.07 Å². The summed E-state index contributed by atoms with van der Waals surface area (Å²) in [6.45, 7) is 1.85. The molecule has 0 saturated carbocycles. The lowest BCUT2D eigenvalue weighted by Crippen LogP contribution is -2.32. The number of rotatable bonds is 3. The standard InChI is InChI=1S/C24H19FN4O2S/c1-14(30)27-18-5-2-15(3-6-18)24(31)29-11-9-16-12-22(20-8-10-26-28-20)32-23(16)19-7-4-17(25)13-21(19)29/h2-8,10,12-13H,9,11H2,1H3,(H,26,28)(H,27,30). The van der Waals surface area contributed by atoms with Gasteiger partial charge in [0.1, 0.15) is 5.82 Å². The number of halogens is 1. The molecule has 0 atom stereocenters. The van der Waals surface area contributed by atoms with Crippen molar-refractivity contribution in [2.75, 3.05) is 16.8 Å². The summed E-state index contributed by atoms with van der Waals surface area (Å²) in [5, 5.41) is 9.70. The molecule has 2 N–H and O–H groups in total. The minimum Gasteiger partial charge on any atom is -0.326 e. The molecule has 8 heteroatoms. The predicted molar refractivity (Wildman–Crippen MR) is 123 cm³/mol. The zero-order valence-corrected chi connectivity index (χ0v) is 18.0. The van der Waals surface area contributed by atoms with Gasteiger partial charge >= 0.3 is 0 Å². The summed E-state index contributed by atoms with van der Waals surface area (Å²) in [4.78, 5) is 28.3. The summed E-state index contributed by atoms with van der Waals surface area (Å²) in [6, 6.07) is 15.3. The fourth-order valence-electron chi connectivity index (χ4n) is 3.91. The first-order chi connectivity index (χ1) is 15.5. The number of aromatic nitrogens is 2. The zero-order valence-electron chi connectivity index (χ0n) is 17.2. The van der Waals surface area contributed by atoms with Gasteiger partial charge in [-0.1, -0.05) is 0 Å². The maximum absolute atomic E-state index is 14.3. The van der Waals surface area contributed by atoms with Crippen molar-refractivity contribution in [2.45, 2.75) is 13.3 Å². The summed E-state index contributed by atoms with van der Waals surface area (Å²) >= 11 is 1.60. The topological polar surface area (TPSA) is 78.1 Å². The number of nitrogens with one attached hydrogen (secondary N) is 2. The molecular weight excluding hydrogens is 427 g/mol. The van der Waals surface area contributed by atoms with Crippen LogP contribution in [-0.4, -0.2) is 28.6 Å². The minimum atomic E-state index is -0.392. The molecule has 0 fully saturated rings. The molecule has 0 spiro atoms. The van der Waals surface area contributed by atoms with Gasteiger partial charge in [0.2, 0.25) is 5.91 Å². The molecule has 1 aliphatic heterocycles. The number of benzene rings is 2. The third kappa shape index (κ3) is 3.69. The first-order valence-electron chi connectivity index (χ1n) is 10.1. The fourth-order valence-corrected chi connectivity index (χ4v) is 5.13. The first kappa shape index (κ1) is 20.1. The van der Waals surface area contributed by atoms with Crippen molar-refractivity contribution in [3.05, 3.63) is 77.7 Å². The van der Waals surface area contributed by atoms with Crippen molar-refractivity contribution in [3.8, 4) is 21.0 Å². The number of fused-ring (bicyclic) bond motifs is 3. The Morgan fingerprint density at radius 1 is 1.12 bits per heavy atom. The van der Waals surface area contributed by atoms with Crippen LogP contribution in [0.4, 0.5) is 15.8 Å². The summed E-state index contributed by atoms with van der Waals surface area (Å²) in [5.74, 6) is -0.784. The normalized spacial score (nSPS) is 12.6. The van der Waals surface area contributed by atoms with E-state index in [0.717, 1.165) is 26.6 Å². The SMILES string of the molecule is CC(=O)Nc1ccc(C(=O)N2CCc3cc(-c4ccn[nH]4)sc3-c3ccc(F)cc32)cc1. The second-order valence-electron chi connectivity index (χ2n) is 7.56. The van der Waals surface area contributed by atoms with Gasteiger partial charge in [-0.2, -0.15) is 5.10 Å². The molecule has 32 heavy (non-hydrogen) atoms. The van der Waals surface area contributed by atoms with E-state index in [2.05, 4.69) is 21.6 Å². The number of aromatic amines is 1. The van der Waals surface area contributed by atoms with Crippen molar-refractivity contribution in [2.24, 2.45) is 0 Å². The number of amides is 2. The average Bonchev–Trinajstić information content (AvgIpc) is 3.42. The number of hydrogen-bond donors (Lipinski definition) is 2. The van der Waals surface area contributed by atoms with Gasteiger partial charge < -0.3 is 10.2 Å². The van der Waals surface area contributed by atoms with Crippen LogP contribution in [0.25, 0.3) is 21.0 Å². The maximum atomic E-state index is 14.3. The Morgan fingerprint density at radius 3 is 2.66 bits per heavy atom. The molecule has 2 aromatic carbocycles. The number of H-pyrrole nitrogens is 1. The molecule has 2 aromatic heterocycles. The number of hydrogen-bond acceptors (Lipinski definition) is 4. The summed E-state index contributed by atoms with van der Waals surface area (Å²) in [7, 11) is 0. The van der Waals surface area contributed by atoms with Crippen molar-refractivity contribution in [3.63, 3.8) is 0 Å². The van der Waals surface area contributed by atoms with E-state index < -0.39 is 5.82 Å². The largest absolute Gasteiger partial charge is 0.326 e. The van der Waals surface area contributed by atoms with E-state index >= 15 is 0 Å². The molecule has 6 nitrogen and oxygen atoms in total. The van der Waals surface area contributed by atoms with Gasteiger partial charge in [0.15, 0.2) is 0 Å². The van der Waals surface area contributed by atoms with E-state index in [1.54, 1.807) is 52.8 Å². The number of nitrogens with zero attached hydrogens (tertiary/aromatic N) is 2. The van der Waals surface area contributed by atoms with Crippen LogP contribution in [0.15, 0.2) is 60.8 Å². The van der Waals surface area contributed by atoms with Gasteiger partial charge in [-0.15, -0.1) is 11.3 Å². The van der Waals surface area contributed by atoms with Gasteiger partial charge in [0, 0.05) is 41.4 Å². The summed E-state index contributed by atoms with van der Waals surface area (Å²) in [5.41, 5.74) is 4.51. The lowest BCUT2D eigenvalue weighted by molar-refractivity contribution is -0.114. The van der Waals surface area contributed by atoms with Crippen LogP contribution in [0.3, 0.4) is 0 Å². The molecule has 1 aliphatic rings. The van der Waals surface area contributed by atoms with Gasteiger partial charge in [-0.25, -0.2) is 4.39 Å². The fraction of sp³-hybridized carbons (Fsp3) is 0.125. The zero-order chi connectivity index (χ0) is 22.2. The second-order valence-corrected chi connectivity index (χ2v) is 8.61. The molecule has 0 radical (unpaired) electrons. The third-order valence-corrected chi connectivity index (χ3v) is 6.62. The third-order valence-electron chi connectivity index (χ3n) is 5.37. The van der Waals surface area contributed by atoms with Crippen LogP contribution in [0, 0.1) is 5.82 Å². The maximum Gasteiger partial charge on any atom is 0.258 e. The minimum absolute atomic E-state index is 0.179. The molecule has 0 bridgehead atoms. The van der Waals surface area contributed by atoms with Gasteiger partial charge in [0.05, 0.1) is 16.3 Å². The lowest BCUT2D eigenvalue weighted by Gasteiger charge is -2.23. The van der Waals surface area contributed by atoms with Gasteiger partial charge in [-0.3, -0.25) is 14.7 Å². The van der Waals surface area contributed by atoms with Crippen LogP contribution in [-0.2, 0) is 11.2 Å². The number of anilines is 2. The molecule has 160 valence electrons.